The molecule has 3 unspecified atom stereocenters. The third-order valence-corrected chi connectivity index (χ3v) is 5.57. The average molecular weight is 409 g/mol. The van der Waals surface area contributed by atoms with Gasteiger partial charge in [0.05, 0.1) is 0 Å². The molecule has 1 saturated heterocycles. The molecule has 2 amide bonds. The molecule has 0 spiro atoms. The van der Waals surface area contributed by atoms with Gasteiger partial charge in [0.15, 0.2) is 6.61 Å². The minimum absolute atomic E-state index is 0.132. The van der Waals surface area contributed by atoms with Gasteiger partial charge in [-0.2, -0.15) is 0 Å². The van der Waals surface area contributed by atoms with Crippen molar-refractivity contribution in [3.8, 4) is 0 Å². The SMILES string of the molecule is CCC(C)C(NC(=O)c1ccc(Cl)cc1)C(=O)OCC(=O)N1CCCCC1C. The fourth-order valence-electron chi connectivity index (χ4n) is 3.27. The van der Waals surface area contributed by atoms with E-state index in [1.54, 1.807) is 29.2 Å². The number of nitrogens with zero attached hydrogens (tertiary/aromatic N) is 1. The molecule has 1 fully saturated rings. The van der Waals surface area contributed by atoms with E-state index in [-0.39, 0.29) is 30.4 Å². The Balaban J connectivity index is 1.97. The second kappa shape index (κ2) is 10.5. The summed E-state index contributed by atoms with van der Waals surface area (Å²) in [6.45, 7) is 6.20. The van der Waals surface area contributed by atoms with Crippen LogP contribution in [0.2, 0.25) is 5.02 Å². The van der Waals surface area contributed by atoms with Crippen molar-refractivity contribution >= 4 is 29.4 Å². The minimum atomic E-state index is -0.820. The highest BCUT2D eigenvalue weighted by Crippen LogP contribution is 2.17. The van der Waals surface area contributed by atoms with Crippen molar-refractivity contribution in [3.05, 3.63) is 34.9 Å². The molecule has 6 nitrogen and oxygen atoms in total. The molecule has 0 saturated carbocycles. The molecule has 28 heavy (non-hydrogen) atoms. The number of esters is 1. The lowest BCUT2D eigenvalue weighted by Crippen LogP contribution is -2.48. The maximum atomic E-state index is 12.6. The predicted molar refractivity (Wildman–Crippen MR) is 108 cm³/mol. The molecule has 0 bridgehead atoms. The predicted octanol–water partition coefficient (Wildman–Crippen LogP) is 3.43. The van der Waals surface area contributed by atoms with Gasteiger partial charge in [-0.3, -0.25) is 9.59 Å². The molecule has 1 aliphatic rings. The van der Waals surface area contributed by atoms with E-state index in [9.17, 15) is 14.4 Å². The van der Waals surface area contributed by atoms with Crippen LogP contribution in [0.4, 0.5) is 0 Å². The fourth-order valence-corrected chi connectivity index (χ4v) is 3.40. The molecule has 2 rings (SSSR count). The van der Waals surface area contributed by atoms with Gasteiger partial charge < -0.3 is 15.0 Å². The van der Waals surface area contributed by atoms with E-state index in [0.29, 0.717) is 23.6 Å². The molecule has 1 N–H and O–H groups in total. The first kappa shape index (κ1) is 22.2. The number of amides is 2. The number of hydrogen-bond acceptors (Lipinski definition) is 4. The lowest BCUT2D eigenvalue weighted by atomic mass is 9.98. The van der Waals surface area contributed by atoms with E-state index in [0.717, 1.165) is 19.3 Å². The van der Waals surface area contributed by atoms with Gasteiger partial charge in [-0.15, -0.1) is 0 Å². The summed E-state index contributed by atoms with van der Waals surface area (Å²) in [5.74, 6) is -1.29. The quantitative estimate of drug-likeness (QED) is 0.701. The molecule has 1 aromatic rings. The summed E-state index contributed by atoms with van der Waals surface area (Å²) in [7, 11) is 0. The largest absolute Gasteiger partial charge is 0.454 e. The number of rotatable bonds is 7. The van der Waals surface area contributed by atoms with Crippen LogP contribution in [0.1, 0.15) is 56.8 Å². The molecular formula is C21H29ClN2O4. The Morgan fingerprint density at radius 2 is 1.93 bits per heavy atom. The van der Waals surface area contributed by atoms with Crippen LogP contribution in [0.25, 0.3) is 0 Å². The van der Waals surface area contributed by atoms with E-state index in [2.05, 4.69) is 5.32 Å². The number of ether oxygens (including phenoxy) is 1. The normalized spacial score (nSPS) is 18.9. The summed E-state index contributed by atoms with van der Waals surface area (Å²) in [5, 5.41) is 3.26. The van der Waals surface area contributed by atoms with Crippen molar-refractivity contribution in [1.82, 2.24) is 10.2 Å². The van der Waals surface area contributed by atoms with Crippen molar-refractivity contribution in [2.75, 3.05) is 13.2 Å². The number of hydrogen-bond donors (Lipinski definition) is 1. The van der Waals surface area contributed by atoms with E-state index in [4.69, 9.17) is 16.3 Å². The molecule has 154 valence electrons. The summed E-state index contributed by atoms with van der Waals surface area (Å²) in [6.07, 6.45) is 3.72. The summed E-state index contributed by atoms with van der Waals surface area (Å²) < 4.78 is 5.28. The Bertz CT molecular complexity index is 692. The molecule has 1 aromatic carbocycles. The van der Waals surface area contributed by atoms with Crippen LogP contribution in [0.5, 0.6) is 0 Å². The van der Waals surface area contributed by atoms with Gasteiger partial charge in [0.25, 0.3) is 11.8 Å². The summed E-state index contributed by atoms with van der Waals surface area (Å²) in [6, 6.07) is 5.77. The van der Waals surface area contributed by atoms with Gasteiger partial charge >= 0.3 is 5.97 Å². The Hall–Kier alpha value is -2.08. The zero-order valence-corrected chi connectivity index (χ0v) is 17.5. The average Bonchev–Trinajstić information content (AvgIpc) is 2.70. The number of likely N-dealkylation sites (tertiary alicyclic amines) is 1. The van der Waals surface area contributed by atoms with Gasteiger partial charge in [0.1, 0.15) is 6.04 Å². The van der Waals surface area contributed by atoms with E-state index in [1.807, 2.05) is 20.8 Å². The lowest BCUT2D eigenvalue weighted by molar-refractivity contribution is -0.155. The molecule has 0 aromatic heterocycles. The molecule has 1 heterocycles. The van der Waals surface area contributed by atoms with Crippen molar-refractivity contribution in [2.45, 2.75) is 58.5 Å². The van der Waals surface area contributed by atoms with E-state index >= 15 is 0 Å². The molecule has 3 atom stereocenters. The summed E-state index contributed by atoms with van der Waals surface area (Å²) in [5.41, 5.74) is 0.406. The summed E-state index contributed by atoms with van der Waals surface area (Å²) >= 11 is 5.85. The van der Waals surface area contributed by atoms with E-state index < -0.39 is 12.0 Å². The van der Waals surface area contributed by atoms with Crippen molar-refractivity contribution < 1.29 is 19.1 Å². The van der Waals surface area contributed by atoms with Crippen LogP contribution in [0, 0.1) is 5.92 Å². The molecule has 1 aliphatic heterocycles. The fraction of sp³-hybridized carbons (Fsp3) is 0.571. The number of piperidine rings is 1. The molecule has 7 heteroatoms. The van der Waals surface area contributed by atoms with Crippen LogP contribution in [-0.2, 0) is 14.3 Å². The zero-order valence-electron chi connectivity index (χ0n) is 16.7. The van der Waals surface area contributed by atoms with Gasteiger partial charge in [-0.05, 0) is 56.4 Å². The second-order valence-electron chi connectivity index (χ2n) is 7.38. The molecule has 0 radical (unpaired) electrons. The van der Waals surface area contributed by atoms with Crippen molar-refractivity contribution in [1.29, 1.82) is 0 Å². The van der Waals surface area contributed by atoms with Gasteiger partial charge in [0.2, 0.25) is 0 Å². The Labute approximate surface area is 171 Å². The number of carbonyl (C=O) groups is 3. The Kier molecular flexibility index (Phi) is 8.30. The second-order valence-corrected chi connectivity index (χ2v) is 7.82. The smallest absolute Gasteiger partial charge is 0.329 e. The number of benzene rings is 1. The van der Waals surface area contributed by atoms with Crippen molar-refractivity contribution in [2.24, 2.45) is 5.92 Å². The first-order chi connectivity index (χ1) is 13.3. The number of halogens is 1. The van der Waals surface area contributed by atoms with Crippen LogP contribution < -0.4 is 5.32 Å². The molecule has 0 aliphatic carbocycles. The maximum absolute atomic E-state index is 12.6. The monoisotopic (exact) mass is 408 g/mol. The third-order valence-electron chi connectivity index (χ3n) is 5.32. The first-order valence-corrected chi connectivity index (χ1v) is 10.2. The lowest BCUT2D eigenvalue weighted by Gasteiger charge is -2.33. The van der Waals surface area contributed by atoms with Crippen molar-refractivity contribution in [3.63, 3.8) is 0 Å². The zero-order chi connectivity index (χ0) is 20.7. The minimum Gasteiger partial charge on any atom is -0.454 e. The third kappa shape index (κ3) is 5.96. The van der Waals surface area contributed by atoms with E-state index in [1.165, 1.54) is 0 Å². The highest BCUT2D eigenvalue weighted by Gasteiger charge is 2.30. The maximum Gasteiger partial charge on any atom is 0.329 e. The molecular weight excluding hydrogens is 380 g/mol. The number of nitrogens with one attached hydrogen (secondary N) is 1. The van der Waals surface area contributed by atoms with Crippen LogP contribution in [-0.4, -0.2) is 47.9 Å². The van der Waals surface area contributed by atoms with Gasteiger partial charge in [0, 0.05) is 23.2 Å². The summed E-state index contributed by atoms with van der Waals surface area (Å²) in [4.78, 5) is 39.3. The van der Waals surface area contributed by atoms with Crippen LogP contribution >= 0.6 is 11.6 Å². The standard InChI is InChI=1S/C21H29ClN2O4/c1-4-14(2)19(23-20(26)16-8-10-17(22)11-9-16)21(27)28-13-18(25)24-12-6-5-7-15(24)3/h8-11,14-15,19H,4-7,12-13H2,1-3H3,(H,23,26). The first-order valence-electron chi connectivity index (χ1n) is 9.86. The number of carbonyl (C=O) groups excluding carboxylic acids is 3. The Morgan fingerprint density at radius 3 is 2.54 bits per heavy atom. The Morgan fingerprint density at radius 1 is 1.25 bits per heavy atom. The van der Waals surface area contributed by atoms with Gasteiger partial charge in [-0.1, -0.05) is 31.9 Å². The van der Waals surface area contributed by atoms with Crippen LogP contribution in [0.3, 0.4) is 0 Å². The van der Waals surface area contributed by atoms with Gasteiger partial charge in [-0.25, -0.2) is 4.79 Å². The topological polar surface area (TPSA) is 75.7 Å². The van der Waals surface area contributed by atoms with Crippen LogP contribution in [0.15, 0.2) is 24.3 Å². The highest BCUT2D eigenvalue weighted by molar-refractivity contribution is 6.30. The highest BCUT2D eigenvalue weighted by atomic mass is 35.5.